The molecule has 3 aliphatic rings. The number of amides is 1. The molecule has 1 heterocycles. The number of aliphatic hydroxyl groups is 2. The van der Waals surface area contributed by atoms with Gasteiger partial charge in [-0.3, -0.25) is 9.79 Å². The molecule has 6 atom stereocenters. The Balaban J connectivity index is 1.71. The predicted molar refractivity (Wildman–Crippen MR) is 78.4 cm³/mol. The first-order valence-corrected chi connectivity index (χ1v) is 8.13. The number of nitrogens with zero attached hydrogens (tertiary/aromatic N) is 1. The quantitative estimate of drug-likeness (QED) is 0.718. The molecule has 20 heavy (non-hydrogen) atoms. The summed E-state index contributed by atoms with van der Waals surface area (Å²) in [6.45, 7) is 3.73. The summed E-state index contributed by atoms with van der Waals surface area (Å²) < 4.78 is -0.634. The van der Waals surface area contributed by atoms with E-state index in [0.29, 0.717) is 17.0 Å². The Hall–Kier alpha value is -0.590. The highest BCUT2D eigenvalue weighted by atomic mass is 32.2. The Kier molecular flexibility index (Phi) is 3.59. The molecular weight excluding hydrogens is 276 g/mol. The van der Waals surface area contributed by atoms with Crippen LogP contribution in [-0.2, 0) is 4.79 Å². The molecule has 2 saturated carbocycles. The minimum absolute atomic E-state index is 0.00940. The van der Waals surface area contributed by atoms with Gasteiger partial charge in [-0.2, -0.15) is 0 Å². The van der Waals surface area contributed by atoms with Crippen LogP contribution in [0.4, 0.5) is 0 Å². The number of fused-ring (bicyclic) bond motifs is 2. The van der Waals surface area contributed by atoms with Crippen LogP contribution in [0.15, 0.2) is 4.99 Å². The van der Waals surface area contributed by atoms with E-state index in [4.69, 9.17) is 4.99 Å². The molecular formula is C14H22N2O3S. The van der Waals surface area contributed by atoms with Gasteiger partial charge in [0.15, 0.2) is 5.17 Å². The van der Waals surface area contributed by atoms with Crippen molar-refractivity contribution in [2.24, 2.45) is 22.7 Å². The molecule has 0 unspecified atom stereocenters. The van der Waals surface area contributed by atoms with Gasteiger partial charge in [0, 0.05) is 12.5 Å². The first-order chi connectivity index (χ1) is 9.44. The molecule has 1 amide bonds. The summed E-state index contributed by atoms with van der Waals surface area (Å²) in [6, 6.07) is 0.234. The van der Waals surface area contributed by atoms with Crippen LogP contribution in [0.5, 0.6) is 0 Å². The van der Waals surface area contributed by atoms with Crippen molar-refractivity contribution in [1.82, 2.24) is 5.32 Å². The fourth-order valence-corrected chi connectivity index (χ4v) is 4.73. The number of nitrogens with one attached hydrogen (secondary N) is 1. The second kappa shape index (κ2) is 5.00. The number of rotatable bonds is 3. The standard InChI is InChI=1S/C14H22N2O3S/c1-7(6-17)14(2)12(19)16-13(20-14)15-10-4-9-3-8(10)5-11(9)18/h7-11,17-18H,3-6H2,1-2H3,(H,15,16,19)/t7-,8+,9+,10-,11-,14-/m0/s1. The molecule has 2 bridgehead atoms. The monoisotopic (exact) mass is 298 g/mol. The van der Waals surface area contributed by atoms with Crippen LogP contribution < -0.4 is 5.32 Å². The lowest BCUT2D eigenvalue weighted by atomic mass is 9.94. The molecule has 0 spiro atoms. The van der Waals surface area contributed by atoms with E-state index < -0.39 is 4.75 Å². The molecule has 3 rings (SSSR count). The van der Waals surface area contributed by atoms with Gasteiger partial charge in [0.05, 0.1) is 12.1 Å². The predicted octanol–water partition coefficient (Wildman–Crippen LogP) is 0.752. The number of aliphatic imine (C=N–C) groups is 1. The van der Waals surface area contributed by atoms with Crippen molar-refractivity contribution in [2.75, 3.05) is 6.61 Å². The normalized spacial score (nSPS) is 47.0. The molecule has 1 aliphatic heterocycles. The van der Waals surface area contributed by atoms with Crippen LogP contribution in [0.1, 0.15) is 33.1 Å². The fraction of sp³-hybridized carbons (Fsp3) is 0.857. The van der Waals surface area contributed by atoms with E-state index in [1.807, 2.05) is 13.8 Å². The SMILES string of the molecule is C[C@@H](CO)[C@]1(C)SC(=N[C@H]2C[C@H]3C[C@@H]2C[C@@H]3O)NC1=O. The number of thioether (sulfide) groups is 1. The summed E-state index contributed by atoms with van der Waals surface area (Å²) in [5.74, 6) is 0.675. The molecule has 112 valence electrons. The lowest BCUT2D eigenvalue weighted by Crippen LogP contribution is -2.40. The van der Waals surface area contributed by atoms with Gasteiger partial charge in [0.2, 0.25) is 5.91 Å². The number of amidine groups is 1. The first kappa shape index (κ1) is 14.4. The zero-order chi connectivity index (χ0) is 14.5. The molecule has 0 radical (unpaired) electrons. The van der Waals surface area contributed by atoms with Crippen molar-refractivity contribution in [3.8, 4) is 0 Å². The smallest absolute Gasteiger partial charge is 0.242 e. The van der Waals surface area contributed by atoms with Crippen LogP contribution in [0.25, 0.3) is 0 Å². The summed E-state index contributed by atoms with van der Waals surface area (Å²) in [5, 5.41) is 22.6. The van der Waals surface area contributed by atoms with Gasteiger partial charge in [-0.15, -0.1) is 0 Å². The fourth-order valence-electron chi connectivity index (χ4n) is 3.57. The third-order valence-corrected chi connectivity index (χ3v) is 6.67. The number of hydrogen-bond acceptors (Lipinski definition) is 5. The number of carbonyl (C=O) groups excluding carboxylic acids is 1. The molecule has 0 aromatic carbocycles. The number of carbonyl (C=O) groups is 1. The Morgan fingerprint density at radius 3 is 2.75 bits per heavy atom. The van der Waals surface area contributed by atoms with Crippen molar-refractivity contribution in [2.45, 2.75) is 50.0 Å². The van der Waals surface area contributed by atoms with E-state index in [2.05, 4.69) is 5.32 Å². The van der Waals surface area contributed by atoms with Crippen molar-refractivity contribution >= 4 is 22.8 Å². The average molecular weight is 298 g/mol. The van der Waals surface area contributed by atoms with Crippen LogP contribution in [0, 0.1) is 17.8 Å². The molecule has 1 saturated heterocycles. The summed E-state index contributed by atoms with van der Waals surface area (Å²) in [4.78, 5) is 16.8. The van der Waals surface area contributed by atoms with Crippen molar-refractivity contribution in [3.63, 3.8) is 0 Å². The second-order valence-electron chi connectivity index (χ2n) is 6.54. The van der Waals surface area contributed by atoms with Gasteiger partial charge in [-0.25, -0.2) is 0 Å². The Labute approximate surface area is 123 Å². The van der Waals surface area contributed by atoms with Crippen LogP contribution >= 0.6 is 11.8 Å². The second-order valence-corrected chi connectivity index (χ2v) is 7.98. The van der Waals surface area contributed by atoms with E-state index in [1.54, 1.807) is 0 Å². The van der Waals surface area contributed by atoms with Crippen LogP contribution in [-0.4, -0.2) is 44.8 Å². The molecule has 2 aliphatic carbocycles. The van der Waals surface area contributed by atoms with Gasteiger partial charge in [-0.1, -0.05) is 18.7 Å². The third kappa shape index (κ3) is 2.18. The average Bonchev–Trinajstić information content (AvgIpc) is 3.03. The van der Waals surface area contributed by atoms with Crippen LogP contribution in [0.2, 0.25) is 0 Å². The lowest BCUT2D eigenvalue weighted by Gasteiger charge is -2.25. The minimum Gasteiger partial charge on any atom is -0.396 e. The van der Waals surface area contributed by atoms with Gasteiger partial charge < -0.3 is 15.5 Å². The number of hydrogen-bond donors (Lipinski definition) is 3. The Morgan fingerprint density at radius 1 is 1.45 bits per heavy atom. The Bertz CT molecular complexity index is 454. The summed E-state index contributed by atoms with van der Waals surface area (Å²) >= 11 is 1.44. The molecule has 6 heteroatoms. The minimum atomic E-state index is -0.634. The maximum absolute atomic E-state index is 12.1. The highest BCUT2D eigenvalue weighted by Crippen LogP contribution is 2.47. The molecule has 5 nitrogen and oxygen atoms in total. The molecule has 3 N–H and O–H groups in total. The van der Waals surface area contributed by atoms with Gasteiger partial charge >= 0.3 is 0 Å². The van der Waals surface area contributed by atoms with Gasteiger partial charge in [-0.05, 0) is 38.0 Å². The van der Waals surface area contributed by atoms with Gasteiger partial charge in [0.1, 0.15) is 4.75 Å². The van der Waals surface area contributed by atoms with E-state index in [9.17, 15) is 15.0 Å². The number of aliphatic hydroxyl groups excluding tert-OH is 2. The topological polar surface area (TPSA) is 81.9 Å². The molecule has 0 aromatic heterocycles. The lowest BCUT2D eigenvalue weighted by molar-refractivity contribution is -0.122. The zero-order valence-corrected chi connectivity index (χ0v) is 12.7. The highest BCUT2D eigenvalue weighted by Gasteiger charge is 2.49. The van der Waals surface area contributed by atoms with E-state index >= 15 is 0 Å². The summed E-state index contributed by atoms with van der Waals surface area (Å²) in [6.07, 6.45) is 2.68. The first-order valence-electron chi connectivity index (χ1n) is 7.31. The summed E-state index contributed by atoms with van der Waals surface area (Å²) in [7, 11) is 0. The highest BCUT2D eigenvalue weighted by molar-refractivity contribution is 8.16. The summed E-state index contributed by atoms with van der Waals surface area (Å²) in [5.41, 5.74) is 0. The van der Waals surface area contributed by atoms with Gasteiger partial charge in [0.25, 0.3) is 0 Å². The maximum atomic E-state index is 12.1. The largest absolute Gasteiger partial charge is 0.396 e. The van der Waals surface area contributed by atoms with E-state index in [-0.39, 0.29) is 30.6 Å². The maximum Gasteiger partial charge on any atom is 0.242 e. The Morgan fingerprint density at radius 2 is 2.20 bits per heavy atom. The van der Waals surface area contributed by atoms with Crippen molar-refractivity contribution in [3.05, 3.63) is 0 Å². The van der Waals surface area contributed by atoms with E-state index in [0.717, 1.165) is 19.3 Å². The molecule has 3 fully saturated rings. The third-order valence-electron chi connectivity index (χ3n) is 5.26. The zero-order valence-electron chi connectivity index (χ0n) is 11.9. The van der Waals surface area contributed by atoms with Crippen molar-refractivity contribution in [1.29, 1.82) is 0 Å². The molecule has 0 aromatic rings. The van der Waals surface area contributed by atoms with E-state index in [1.165, 1.54) is 11.8 Å². The van der Waals surface area contributed by atoms with Crippen LogP contribution in [0.3, 0.4) is 0 Å². The van der Waals surface area contributed by atoms with Crippen molar-refractivity contribution < 1.29 is 15.0 Å².